The average molecular weight is 416 g/mol. The zero-order valence-corrected chi connectivity index (χ0v) is 16.9. The first-order chi connectivity index (χ1) is 13.5. The molecule has 0 unspecified atom stereocenters. The van der Waals surface area contributed by atoms with Crippen molar-refractivity contribution in [2.24, 2.45) is 0 Å². The van der Waals surface area contributed by atoms with Gasteiger partial charge >= 0.3 is 0 Å². The second-order valence-corrected chi connectivity index (χ2v) is 7.62. The minimum atomic E-state index is -0.371. The Balaban J connectivity index is 1.64. The Morgan fingerprint density at radius 1 is 0.964 bits per heavy atom. The van der Waals surface area contributed by atoms with Crippen molar-refractivity contribution in [3.05, 3.63) is 64.7 Å². The van der Waals surface area contributed by atoms with Gasteiger partial charge in [0.15, 0.2) is 5.11 Å². The molecule has 0 bridgehead atoms. The second kappa shape index (κ2) is 9.66. The van der Waals surface area contributed by atoms with Gasteiger partial charge < -0.3 is 10.6 Å². The summed E-state index contributed by atoms with van der Waals surface area (Å²) >= 11 is 11.2. The molecule has 2 amide bonds. The Hall–Kier alpha value is -2.44. The maximum absolute atomic E-state index is 12.7. The van der Waals surface area contributed by atoms with Crippen molar-refractivity contribution >= 4 is 46.4 Å². The minimum absolute atomic E-state index is 0.114. The lowest BCUT2D eigenvalue weighted by Crippen LogP contribution is -2.37. The van der Waals surface area contributed by atoms with Crippen molar-refractivity contribution in [3.8, 4) is 0 Å². The largest absolute Gasteiger partial charge is 0.349 e. The molecule has 5 nitrogen and oxygen atoms in total. The van der Waals surface area contributed by atoms with Crippen LogP contribution in [0.15, 0.2) is 48.5 Å². The average Bonchev–Trinajstić information content (AvgIpc) is 2.69. The maximum Gasteiger partial charge on any atom is 0.257 e. The highest BCUT2D eigenvalue weighted by Gasteiger charge is 2.19. The molecule has 0 aliphatic heterocycles. The molecule has 0 aromatic heterocycles. The van der Waals surface area contributed by atoms with Gasteiger partial charge in [0.1, 0.15) is 0 Å². The van der Waals surface area contributed by atoms with Gasteiger partial charge in [-0.15, -0.1) is 0 Å². The first-order valence-corrected chi connectivity index (χ1v) is 10.1. The van der Waals surface area contributed by atoms with Gasteiger partial charge in [0.2, 0.25) is 0 Å². The van der Waals surface area contributed by atoms with E-state index in [1.165, 1.54) is 6.42 Å². The molecule has 7 heteroatoms. The van der Waals surface area contributed by atoms with Crippen LogP contribution in [0.2, 0.25) is 5.02 Å². The quantitative estimate of drug-likeness (QED) is 0.641. The van der Waals surface area contributed by atoms with Crippen molar-refractivity contribution in [1.82, 2.24) is 10.6 Å². The van der Waals surface area contributed by atoms with Crippen molar-refractivity contribution in [3.63, 3.8) is 0 Å². The smallest absolute Gasteiger partial charge is 0.257 e. The predicted octanol–water partition coefficient (Wildman–Crippen LogP) is 4.53. The van der Waals surface area contributed by atoms with Crippen molar-refractivity contribution in [1.29, 1.82) is 0 Å². The lowest BCUT2D eigenvalue weighted by Gasteiger charge is -2.23. The van der Waals surface area contributed by atoms with Gasteiger partial charge in [0.25, 0.3) is 11.8 Å². The van der Waals surface area contributed by atoms with Crippen LogP contribution in [-0.4, -0.2) is 23.0 Å². The van der Waals surface area contributed by atoms with Crippen LogP contribution >= 0.6 is 23.8 Å². The highest BCUT2D eigenvalue weighted by Crippen LogP contribution is 2.20. The molecular weight excluding hydrogens is 394 g/mol. The number of halogens is 1. The Labute approximate surface area is 174 Å². The third-order valence-electron chi connectivity index (χ3n) is 4.67. The summed E-state index contributed by atoms with van der Waals surface area (Å²) in [4.78, 5) is 25.0. The number of nitrogens with one attached hydrogen (secondary N) is 3. The summed E-state index contributed by atoms with van der Waals surface area (Å²) in [5.41, 5.74) is 1.44. The first kappa shape index (κ1) is 20.3. The van der Waals surface area contributed by atoms with E-state index in [2.05, 4.69) is 16.0 Å². The molecule has 0 atom stereocenters. The van der Waals surface area contributed by atoms with E-state index in [9.17, 15) is 9.59 Å². The molecule has 0 radical (unpaired) electrons. The van der Waals surface area contributed by atoms with E-state index < -0.39 is 0 Å². The van der Waals surface area contributed by atoms with Crippen molar-refractivity contribution < 1.29 is 9.59 Å². The SMILES string of the molecule is O=C(NC(=S)Nc1ccccc1C(=O)NC1CCCCC1)c1cccc(Cl)c1. The van der Waals surface area contributed by atoms with Crippen molar-refractivity contribution in [2.75, 3.05) is 5.32 Å². The third-order valence-corrected chi connectivity index (χ3v) is 5.11. The summed E-state index contributed by atoms with van der Waals surface area (Å²) in [5, 5.41) is 9.24. The van der Waals surface area contributed by atoms with Crippen molar-refractivity contribution in [2.45, 2.75) is 38.1 Å². The molecule has 2 aromatic rings. The Bertz CT molecular complexity index is 881. The molecule has 0 spiro atoms. The van der Waals surface area contributed by atoms with E-state index in [-0.39, 0.29) is 23.0 Å². The molecule has 3 rings (SSSR count). The lowest BCUT2D eigenvalue weighted by atomic mass is 9.95. The standard InChI is InChI=1S/C21H22ClN3O2S/c22-15-8-6-7-14(13-15)19(26)25-21(28)24-18-12-5-4-11-17(18)20(27)23-16-9-2-1-3-10-16/h4-8,11-13,16H,1-3,9-10H2,(H,23,27)(H2,24,25,26,28). The molecule has 1 aliphatic rings. The molecule has 3 N–H and O–H groups in total. The van der Waals surface area contributed by atoms with Crippen LogP contribution in [0.1, 0.15) is 52.8 Å². The monoisotopic (exact) mass is 415 g/mol. The number of carbonyl (C=O) groups is 2. The normalized spacial score (nSPS) is 14.2. The number of hydrogen-bond donors (Lipinski definition) is 3. The molecule has 0 saturated heterocycles. The van der Waals surface area contributed by atoms with Gasteiger partial charge in [-0.3, -0.25) is 14.9 Å². The number of benzene rings is 2. The number of carbonyl (C=O) groups excluding carboxylic acids is 2. The summed E-state index contributed by atoms with van der Waals surface area (Å²) in [7, 11) is 0. The number of rotatable bonds is 4. The summed E-state index contributed by atoms with van der Waals surface area (Å²) in [6.45, 7) is 0. The Kier molecular flexibility index (Phi) is 7.01. The molecular formula is C21H22ClN3O2S. The molecule has 1 aliphatic carbocycles. The van der Waals surface area contributed by atoms with E-state index in [1.807, 2.05) is 0 Å². The van der Waals surface area contributed by atoms with E-state index in [4.69, 9.17) is 23.8 Å². The Morgan fingerprint density at radius 3 is 2.46 bits per heavy atom. The summed E-state index contributed by atoms with van der Waals surface area (Å²) in [6, 6.07) is 13.9. The zero-order chi connectivity index (χ0) is 19.9. The first-order valence-electron chi connectivity index (χ1n) is 9.31. The molecule has 1 saturated carbocycles. The molecule has 146 valence electrons. The third kappa shape index (κ3) is 5.53. The fraction of sp³-hybridized carbons (Fsp3) is 0.286. The maximum atomic E-state index is 12.7. The van der Waals surface area contributed by atoms with E-state index in [1.54, 1.807) is 48.5 Å². The fourth-order valence-electron chi connectivity index (χ4n) is 3.26. The Morgan fingerprint density at radius 2 is 1.71 bits per heavy atom. The number of amides is 2. The van der Waals surface area contributed by atoms with Gasteiger partial charge in [0, 0.05) is 16.6 Å². The van der Waals surface area contributed by atoms with Gasteiger partial charge in [-0.2, -0.15) is 0 Å². The van der Waals surface area contributed by atoms with E-state index in [0.29, 0.717) is 21.8 Å². The number of para-hydroxylation sites is 1. The number of hydrogen-bond acceptors (Lipinski definition) is 3. The van der Waals surface area contributed by atoms with Gasteiger partial charge in [-0.25, -0.2) is 0 Å². The lowest BCUT2D eigenvalue weighted by molar-refractivity contribution is 0.0927. The highest BCUT2D eigenvalue weighted by molar-refractivity contribution is 7.80. The summed E-state index contributed by atoms with van der Waals surface area (Å²) in [6.07, 6.45) is 5.53. The molecule has 28 heavy (non-hydrogen) atoms. The van der Waals surface area contributed by atoms with Crippen LogP contribution in [0.5, 0.6) is 0 Å². The van der Waals surface area contributed by atoms with Gasteiger partial charge in [-0.1, -0.05) is 49.1 Å². The van der Waals surface area contributed by atoms with Crippen LogP contribution in [0.4, 0.5) is 5.69 Å². The highest BCUT2D eigenvalue weighted by atomic mass is 35.5. The fourth-order valence-corrected chi connectivity index (χ4v) is 3.65. The zero-order valence-electron chi connectivity index (χ0n) is 15.3. The number of anilines is 1. The van der Waals surface area contributed by atoms with Gasteiger partial charge in [0.05, 0.1) is 11.3 Å². The minimum Gasteiger partial charge on any atom is -0.349 e. The van der Waals surface area contributed by atoms with Crippen LogP contribution in [-0.2, 0) is 0 Å². The predicted molar refractivity (Wildman–Crippen MR) is 116 cm³/mol. The van der Waals surface area contributed by atoms with Gasteiger partial charge in [-0.05, 0) is 55.4 Å². The topological polar surface area (TPSA) is 70.2 Å². The molecule has 0 heterocycles. The molecule has 2 aromatic carbocycles. The molecule has 1 fully saturated rings. The van der Waals surface area contributed by atoms with Crippen LogP contribution in [0.25, 0.3) is 0 Å². The van der Waals surface area contributed by atoms with Crippen LogP contribution in [0.3, 0.4) is 0 Å². The summed E-state index contributed by atoms with van der Waals surface area (Å²) in [5.74, 6) is -0.511. The van der Waals surface area contributed by atoms with Crippen LogP contribution < -0.4 is 16.0 Å². The summed E-state index contributed by atoms with van der Waals surface area (Å²) < 4.78 is 0. The second-order valence-electron chi connectivity index (χ2n) is 6.77. The van der Waals surface area contributed by atoms with E-state index >= 15 is 0 Å². The van der Waals surface area contributed by atoms with Crippen LogP contribution in [0, 0.1) is 0 Å². The number of thiocarbonyl (C=S) groups is 1. The van der Waals surface area contributed by atoms with E-state index in [0.717, 1.165) is 25.7 Å².